The molecule has 1 aromatic heterocycles. The molecule has 1 spiro atoms. The predicted molar refractivity (Wildman–Crippen MR) is 282 cm³/mol. The van der Waals surface area contributed by atoms with Gasteiger partial charge in [-0.15, -0.1) is 0 Å². The summed E-state index contributed by atoms with van der Waals surface area (Å²) in [6, 6.07) is 89.9. The summed E-state index contributed by atoms with van der Waals surface area (Å²) in [4.78, 5) is 2.57. The van der Waals surface area contributed by atoms with E-state index in [1.165, 1.54) is 126 Å². The van der Waals surface area contributed by atoms with Gasteiger partial charge in [-0.2, -0.15) is 0 Å². The van der Waals surface area contributed by atoms with Crippen LogP contribution < -0.4 is 4.90 Å². The number of para-hydroxylation sites is 3. The fourth-order valence-electron chi connectivity index (χ4n) is 11.9. The molecular weight excluding hydrogens is 809 g/mol. The Morgan fingerprint density at radius 3 is 1.67 bits per heavy atom. The third kappa shape index (κ3) is 6.32. The first-order valence-electron chi connectivity index (χ1n) is 23.8. The van der Waals surface area contributed by atoms with Crippen molar-refractivity contribution in [1.82, 2.24) is 4.57 Å². The molecule has 10 aromatic carbocycles. The second-order valence-electron chi connectivity index (χ2n) is 18.3. The summed E-state index contributed by atoms with van der Waals surface area (Å²) in [6.07, 6.45) is 4.87. The van der Waals surface area contributed by atoms with Crippen LogP contribution in [-0.4, -0.2) is 4.57 Å². The molecule has 1 saturated carbocycles. The van der Waals surface area contributed by atoms with Crippen molar-refractivity contribution in [2.24, 2.45) is 0 Å². The summed E-state index contributed by atoms with van der Waals surface area (Å²) in [7, 11) is 0. The van der Waals surface area contributed by atoms with Gasteiger partial charge < -0.3 is 9.47 Å². The summed E-state index contributed by atoms with van der Waals surface area (Å²) in [6.45, 7) is 0. The molecule has 0 radical (unpaired) electrons. The van der Waals surface area contributed by atoms with Crippen molar-refractivity contribution in [2.75, 3.05) is 4.90 Å². The molecule has 2 nitrogen and oxygen atoms in total. The van der Waals surface area contributed by atoms with E-state index >= 15 is 0 Å². The smallest absolute Gasteiger partial charge is 0.0543 e. The van der Waals surface area contributed by atoms with Crippen molar-refractivity contribution in [3.05, 3.63) is 254 Å². The Bertz CT molecular complexity index is 3650. The zero-order valence-electron chi connectivity index (χ0n) is 37.3. The first-order chi connectivity index (χ1) is 33.2. The maximum Gasteiger partial charge on any atom is 0.0543 e. The molecule has 67 heavy (non-hydrogen) atoms. The van der Waals surface area contributed by atoms with Crippen LogP contribution >= 0.6 is 0 Å². The van der Waals surface area contributed by atoms with E-state index in [4.69, 9.17) is 0 Å². The van der Waals surface area contributed by atoms with Gasteiger partial charge in [0.15, 0.2) is 0 Å². The zero-order chi connectivity index (χ0) is 44.3. The molecule has 2 aliphatic rings. The average molecular weight is 857 g/mol. The summed E-state index contributed by atoms with van der Waals surface area (Å²) in [5, 5.41) is 2.50. The largest absolute Gasteiger partial charge is 0.309 e. The maximum absolute atomic E-state index is 2.57. The fourth-order valence-corrected chi connectivity index (χ4v) is 11.9. The number of aromatic nitrogens is 1. The van der Waals surface area contributed by atoms with Gasteiger partial charge >= 0.3 is 0 Å². The van der Waals surface area contributed by atoms with Crippen LogP contribution in [0.4, 0.5) is 17.1 Å². The second kappa shape index (κ2) is 16.0. The van der Waals surface area contributed by atoms with Gasteiger partial charge in [0.2, 0.25) is 0 Å². The normalized spacial score (nSPS) is 13.6. The predicted octanol–water partition coefficient (Wildman–Crippen LogP) is 17.8. The molecule has 2 heteroatoms. The minimum Gasteiger partial charge on any atom is -0.309 e. The van der Waals surface area contributed by atoms with Gasteiger partial charge in [0, 0.05) is 38.7 Å². The highest BCUT2D eigenvalue weighted by Gasteiger charge is 2.46. The lowest BCUT2D eigenvalue weighted by Crippen LogP contribution is -2.20. The molecule has 0 N–H and O–H groups in total. The molecule has 0 aliphatic heterocycles. The van der Waals surface area contributed by atoms with Gasteiger partial charge in [-0.3, -0.25) is 0 Å². The number of hydrogen-bond donors (Lipinski definition) is 0. The first-order valence-corrected chi connectivity index (χ1v) is 23.8. The molecule has 11 aromatic rings. The molecule has 0 saturated heterocycles. The lowest BCUT2D eigenvalue weighted by atomic mass is 9.77. The van der Waals surface area contributed by atoms with Crippen LogP contribution in [-0.2, 0) is 5.41 Å². The summed E-state index contributed by atoms with van der Waals surface area (Å²) >= 11 is 0. The summed E-state index contributed by atoms with van der Waals surface area (Å²) in [5.41, 5.74) is 22.4. The number of fused-ring (bicyclic) bond motifs is 8. The van der Waals surface area contributed by atoms with Crippen LogP contribution in [0.3, 0.4) is 0 Å². The quantitative estimate of drug-likeness (QED) is 0.148. The number of hydrogen-bond acceptors (Lipinski definition) is 1. The van der Waals surface area contributed by atoms with E-state index < -0.39 is 0 Å². The van der Waals surface area contributed by atoms with E-state index in [-0.39, 0.29) is 5.41 Å². The monoisotopic (exact) mass is 856 g/mol. The average Bonchev–Trinajstić information content (AvgIpc) is 4.11. The number of nitrogens with zero attached hydrogens (tertiary/aromatic N) is 2. The van der Waals surface area contributed by atoms with E-state index in [2.05, 4.69) is 252 Å². The second-order valence-corrected chi connectivity index (χ2v) is 18.3. The molecule has 0 amide bonds. The van der Waals surface area contributed by atoms with Crippen LogP contribution in [0.5, 0.6) is 0 Å². The minimum atomic E-state index is 0.0388. The minimum absolute atomic E-state index is 0.0388. The van der Waals surface area contributed by atoms with Crippen molar-refractivity contribution in [3.8, 4) is 61.3 Å². The van der Waals surface area contributed by atoms with Crippen molar-refractivity contribution in [2.45, 2.75) is 31.1 Å². The molecular formula is C65H48N2. The van der Waals surface area contributed by atoms with Crippen LogP contribution in [0.2, 0.25) is 0 Å². The van der Waals surface area contributed by atoms with E-state index in [9.17, 15) is 0 Å². The Morgan fingerprint density at radius 1 is 0.343 bits per heavy atom. The summed E-state index contributed by atoms with van der Waals surface area (Å²) < 4.78 is 2.39. The van der Waals surface area contributed by atoms with E-state index in [0.717, 1.165) is 11.4 Å². The standard InChI is InChI=1S/C65H48N2/c1-3-21-45(22-4-1)50-27-7-8-28-51(50)52-29-9-10-30-53(52)54-31-12-15-36-60(54)67(63-38-20-35-59-64(63)56-33-11-14-34-58(56)65(59)41-17-18-42-65)49-26-19-23-46(43-49)47-39-40-62-57(44-47)55-32-13-16-37-61(55)66(62)48-24-5-2-6-25-48/h1-16,19-40,43-44H,17-18,41-42H2. The van der Waals surface area contributed by atoms with E-state index in [1.807, 2.05) is 0 Å². The molecule has 0 atom stereocenters. The van der Waals surface area contributed by atoms with Crippen LogP contribution in [0.1, 0.15) is 36.8 Å². The molecule has 0 bridgehead atoms. The van der Waals surface area contributed by atoms with Gasteiger partial charge in [-0.25, -0.2) is 0 Å². The Kier molecular flexibility index (Phi) is 9.39. The van der Waals surface area contributed by atoms with Crippen LogP contribution in [0.15, 0.2) is 243 Å². The Hall–Kier alpha value is -8.20. The van der Waals surface area contributed by atoms with E-state index in [1.54, 1.807) is 0 Å². The molecule has 1 heterocycles. The number of benzene rings is 10. The van der Waals surface area contributed by atoms with Crippen molar-refractivity contribution in [1.29, 1.82) is 0 Å². The Morgan fingerprint density at radius 2 is 0.881 bits per heavy atom. The van der Waals surface area contributed by atoms with Gasteiger partial charge in [-0.05, 0) is 123 Å². The van der Waals surface area contributed by atoms with Crippen LogP contribution in [0.25, 0.3) is 83.1 Å². The molecule has 1 fully saturated rings. The first kappa shape index (κ1) is 39.2. The van der Waals surface area contributed by atoms with E-state index in [0.29, 0.717) is 0 Å². The third-order valence-electron chi connectivity index (χ3n) is 14.8. The fraction of sp³-hybridized carbons (Fsp3) is 0.0769. The molecule has 0 unspecified atom stereocenters. The Balaban J connectivity index is 1.03. The SMILES string of the molecule is c1ccc(-c2ccccc2-c2ccccc2-c2ccccc2N(c2cccc(-c3ccc4c(c3)c3ccccc3n4-c3ccccc3)c2)c2cccc3c2-c2ccccc2C32CCCC2)cc1. The third-order valence-corrected chi connectivity index (χ3v) is 14.8. The van der Waals surface area contributed by atoms with Crippen LogP contribution in [0, 0.1) is 0 Å². The Labute approximate surface area is 392 Å². The highest BCUT2D eigenvalue weighted by molar-refractivity contribution is 6.11. The van der Waals surface area contributed by atoms with Crippen molar-refractivity contribution in [3.63, 3.8) is 0 Å². The van der Waals surface area contributed by atoms with Crippen molar-refractivity contribution < 1.29 is 0 Å². The van der Waals surface area contributed by atoms with Gasteiger partial charge in [0.1, 0.15) is 0 Å². The number of rotatable bonds is 8. The number of anilines is 3. The zero-order valence-corrected chi connectivity index (χ0v) is 37.3. The molecule has 2 aliphatic carbocycles. The highest BCUT2D eigenvalue weighted by Crippen LogP contribution is 2.60. The van der Waals surface area contributed by atoms with Crippen molar-refractivity contribution >= 4 is 38.9 Å². The molecule has 13 rings (SSSR count). The van der Waals surface area contributed by atoms with Gasteiger partial charge in [-0.1, -0.05) is 201 Å². The summed E-state index contributed by atoms with van der Waals surface area (Å²) in [5.74, 6) is 0. The maximum atomic E-state index is 2.57. The molecule has 318 valence electrons. The lowest BCUT2D eigenvalue weighted by molar-refractivity contribution is 0.550. The van der Waals surface area contributed by atoms with Gasteiger partial charge in [0.25, 0.3) is 0 Å². The van der Waals surface area contributed by atoms with Gasteiger partial charge in [0.05, 0.1) is 22.4 Å². The lowest BCUT2D eigenvalue weighted by Gasteiger charge is -2.31. The highest BCUT2D eigenvalue weighted by atomic mass is 15.1. The topological polar surface area (TPSA) is 8.17 Å².